The first kappa shape index (κ1) is 12.4. The van der Waals surface area contributed by atoms with Crippen molar-refractivity contribution in [3.05, 3.63) is 0 Å². The molecule has 0 aromatic rings. The van der Waals surface area contributed by atoms with Gasteiger partial charge in [-0.3, -0.25) is 4.79 Å². The Balaban J connectivity index is 4.22. The van der Waals surface area contributed by atoms with E-state index in [4.69, 9.17) is 10.2 Å². The maximum absolute atomic E-state index is 10.8. The highest BCUT2D eigenvalue weighted by Gasteiger charge is 2.33. The Morgan fingerprint density at radius 1 is 1.15 bits per heavy atom. The number of aliphatic hydroxyl groups excluding tert-OH is 1. The van der Waals surface area contributed by atoms with Crippen LogP contribution in [0.4, 0.5) is 0 Å². The van der Waals surface area contributed by atoms with Gasteiger partial charge in [0.1, 0.15) is 0 Å². The van der Waals surface area contributed by atoms with Crippen LogP contribution < -0.4 is 0 Å². The summed E-state index contributed by atoms with van der Waals surface area (Å²) >= 11 is 0. The van der Waals surface area contributed by atoms with Gasteiger partial charge in [0.25, 0.3) is 0 Å². The highest BCUT2D eigenvalue weighted by molar-refractivity contribution is 5.74. The van der Waals surface area contributed by atoms with Gasteiger partial charge < -0.3 is 10.2 Å². The summed E-state index contributed by atoms with van der Waals surface area (Å²) in [6.07, 6.45) is 1.32. The van der Waals surface area contributed by atoms with Gasteiger partial charge in [0.15, 0.2) is 0 Å². The third-order valence-electron chi connectivity index (χ3n) is 2.29. The van der Waals surface area contributed by atoms with Crippen molar-refractivity contribution >= 4 is 5.97 Å². The zero-order valence-corrected chi connectivity index (χ0v) is 8.92. The molecule has 0 amide bonds. The zero-order chi connectivity index (χ0) is 10.7. The standard InChI is InChI=1S/C10H20O3/c1-9(2,3)5-6-10(4,7-11)8(12)13/h11H,5-7H2,1-4H3,(H,12,13). The van der Waals surface area contributed by atoms with E-state index < -0.39 is 11.4 Å². The Kier molecular flexibility index (Phi) is 3.91. The second kappa shape index (κ2) is 4.09. The third-order valence-corrected chi connectivity index (χ3v) is 2.29. The van der Waals surface area contributed by atoms with E-state index in [-0.39, 0.29) is 12.0 Å². The van der Waals surface area contributed by atoms with Crippen LogP contribution >= 0.6 is 0 Å². The number of aliphatic hydroxyl groups is 1. The lowest BCUT2D eigenvalue weighted by Gasteiger charge is -2.26. The Labute approximate surface area is 79.8 Å². The van der Waals surface area contributed by atoms with E-state index in [1.165, 1.54) is 0 Å². The topological polar surface area (TPSA) is 57.5 Å². The summed E-state index contributed by atoms with van der Waals surface area (Å²) in [6, 6.07) is 0. The van der Waals surface area contributed by atoms with Gasteiger partial charge in [-0.2, -0.15) is 0 Å². The van der Waals surface area contributed by atoms with Crippen molar-refractivity contribution in [1.82, 2.24) is 0 Å². The van der Waals surface area contributed by atoms with Crippen molar-refractivity contribution in [3.63, 3.8) is 0 Å². The van der Waals surface area contributed by atoms with Crippen molar-refractivity contribution in [2.24, 2.45) is 10.8 Å². The van der Waals surface area contributed by atoms with Crippen molar-refractivity contribution in [2.75, 3.05) is 6.61 Å². The number of carboxylic acid groups (broad SMARTS) is 1. The molecule has 1 atom stereocenters. The van der Waals surface area contributed by atoms with Gasteiger partial charge in [-0.15, -0.1) is 0 Å². The largest absolute Gasteiger partial charge is 0.481 e. The number of carbonyl (C=O) groups is 1. The van der Waals surface area contributed by atoms with Crippen LogP contribution in [0, 0.1) is 10.8 Å². The van der Waals surface area contributed by atoms with E-state index in [0.29, 0.717) is 6.42 Å². The van der Waals surface area contributed by atoms with Crippen LogP contribution in [0.5, 0.6) is 0 Å². The predicted molar refractivity (Wildman–Crippen MR) is 51.5 cm³/mol. The van der Waals surface area contributed by atoms with Crippen LogP contribution in [0.25, 0.3) is 0 Å². The van der Waals surface area contributed by atoms with Gasteiger partial charge in [0, 0.05) is 0 Å². The number of hydrogen-bond donors (Lipinski definition) is 2. The molecule has 1 unspecified atom stereocenters. The Bertz CT molecular complexity index is 181. The molecule has 78 valence electrons. The Morgan fingerprint density at radius 2 is 1.62 bits per heavy atom. The maximum atomic E-state index is 10.8. The quantitative estimate of drug-likeness (QED) is 0.708. The summed E-state index contributed by atoms with van der Waals surface area (Å²) in [5.74, 6) is -0.917. The van der Waals surface area contributed by atoms with Gasteiger partial charge in [0.2, 0.25) is 0 Å². The Hall–Kier alpha value is -0.570. The lowest BCUT2D eigenvalue weighted by atomic mass is 9.79. The van der Waals surface area contributed by atoms with Gasteiger partial charge in [-0.05, 0) is 25.2 Å². The third kappa shape index (κ3) is 4.27. The molecule has 0 aliphatic heterocycles. The fourth-order valence-electron chi connectivity index (χ4n) is 0.905. The van der Waals surface area contributed by atoms with Crippen molar-refractivity contribution < 1.29 is 15.0 Å². The van der Waals surface area contributed by atoms with Crippen molar-refractivity contribution in [3.8, 4) is 0 Å². The Morgan fingerprint density at radius 3 is 1.85 bits per heavy atom. The smallest absolute Gasteiger partial charge is 0.311 e. The molecule has 3 nitrogen and oxygen atoms in total. The minimum Gasteiger partial charge on any atom is -0.481 e. The highest BCUT2D eigenvalue weighted by atomic mass is 16.4. The minimum atomic E-state index is -0.979. The predicted octanol–water partition coefficient (Wildman–Crippen LogP) is 1.90. The summed E-state index contributed by atoms with van der Waals surface area (Å²) in [5, 5.41) is 17.8. The molecule has 0 spiro atoms. The number of aliphatic carboxylic acids is 1. The van der Waals surface area contributed by atoms with Gasteiger partial charge in [0.05, 0.1) is 12.0 Å². The second-order valence-corrected chi connectivity index (χ2v) is 5.08. The number of hydrogen-bond acceptors (Lipinski definition) is 2. The van der Waals surface area contributed by atoms with Crippen molar-refractivity contribution in [1.29, 1.82) is 0 Å². The first-order chi connectivity index (χ1) is 5.71. The average molecular weight is 188 g/mol. The van der Waals surface area contributed by atoms with E-state index in [9.17, 15) is 4.79 Å². The monoisotopic (exact) mass is 188 g/mol. The first-order valence-electron chi connectivity index (χ1n) is 4.55. The molecule has 0 aliphatic carbocycles. The van der Waals surface area contributed by atoms with Crippen LogP contribution in [0.1, 0.15) is 40.5 Å². The molecule has 0 aliphatic rings. The zero-order valence-electron chi connectivity index (χ0n) is 8.92. The highest BCUT2D eigenvalue weighted by Crippen LogP contribution is 2.30. The van der Waals surface area contributed by atoms with E-state index in [0.717, 1.165) is 6.42 Å². The lowest BCUT2D eigenvalue weighted by Crippen LogP contribution is -2.32. The SMILES string of the molecule is CC(C)(C)CCC(C)(CO)C(=O)O. The molecular weight excluding hydrogens is 168 g/mol. The molecule has 0 fully saturated rings. The van der Waals surface area contributed by atoms with E-state index in [2.05, 4.69) is 20.8 Å². The molecule has 13 heavy (non-hydrogen) atoms. The maximum Gasteiger partial charge on any atom is 0.311 e. The molecule has 0 heterocycles. The molecule has 0 radical (unpaired) electrons. The summed E-state index contributed by atoms with van der Waals surface area (Å²) < 4.78 is 0. The minimum absolute atomic E-state index is 0.117. The lowest BCUT2D eigenvalue weighted by molar-refractivity contribution is -0.151. The van der Waals surface area contributed by atoms with Crippen LogP contribution in [-0.2, 0) is 4.79 Å². The summed E-state index contributed by atoms with van der Waals surface area (Å²) in [6.45, 7) is 7.48. The van der Waals surface area contributed by atoms with Crippen LogP contribution in [0.15, 0.2) is 0 Å². The normalized spacial score (nSPS) is 16.7. The molecule has 0 saturated heterocycles. The first-order valence-corrected chi connectivity index (χ1v) is 4.55. The molecule has 3 heteroatoms. The molecular formula is C10H20O3. The van der Waals surface area contributed by atoms with Gasteiger partial charge >= 0.3 is 5.97 Å². The molecule has 0 saturated carbocycles. The molecule has 0 bridgehead atoms. The fourth-order valence-corrected chi connectivity index (χ4v) is 0.905. The van der Waals surface area contributed by atoms with E-state index in [1.54, 1.807) is 6.92 Å². The average Bonchev–Trinajstić information content (AvgIpc) is 1.98. The molecule has 0 rings (SSSR count). The summed E-state index contributed by atoms with van der Waals surface area (Å²) in [5.41, 5.74) is -0.862. The number of carboxylic acids is 1. The molecule has 0 aromatic carbocycles. The van der Waals surface area contributed by atoms with Crippen LogP contribution in [-0.4, -0.2) is 22.8 Å². The van der Waals surface area contributed by atoms with Crippen molar-refractivity contribution in [2.45, 2.75) is 40.5 Å². The molecule has 2 N–H and O–H groups in total. The van der Waals surface area contributed by atoms with E-state index >= 15 is 0 Å². The van der Waals surface area contributed by atoms with Gasteiger partial charge in [-0.1, -0.05) is 20.8 Å². The van der Waals surface area contributed by atoms with Gasteiger partial charge in [-0.25, -0.2) is 0 Å². The van der Waals surface area contributed by atoms with Crippen LogP contribution in [0.2, 0.25) is 0 Å². The van der Waals surface area contributed by atoms with Crippen LogP contribution in [0.3, 0.4) is 0 Å². The van der Waals surface area contributed by atoms with E-state index in [1.807, 2.05) is 0 Å². The molecule has 0 aromatic heterocycles. The summed E-state index contributed by atoms with van der Waals surface area (Å²) in [7, 11) is 0. The summed E-state index contributed by atoms with van der Waals surface area (Å²) in [4.78, 5) is 10.8. The number of rotatable bonds is 4. The fraction of sp³-hybridized carbons (Fsp3) is 0.900. The second-order valence-electron chi connectivity index (χ2n) is 5.08.